The van der Waals surface area contributed by atoms with E-state index in [-0.39, 0.29) is 17.6 Å². The highest BCUT2D eigenvalue weighted by molar-refractivity contribution is 8.19. The molecule has 4 rings (SSSR count). The molecule has 0 aliphatic carbocycles. The topological polar surface area (TPSA) is 85.2 Å². The molecule has 0 saturated carbocycles. The Hall–Kier alpha value is -1.90. The average molecular weight is 394 g/mol. The van der Waals surface area contributed by atoms with Gasteiger partial charge in [0.25, 0.3) is 0 Å². The number of allylic oxidation sites excluding steroid dienone is 1. The number of fused-ring (bicyclic) bond motifs is 1. The summed E-state index contributed by atoms with van der Waals surface area (Å²) in [6, 6.07) is 3.41. The van der Waals surface area contributed by atoms with E-state index in [2.05, 4.69) is 10.2 Å². The predicted molar refractivity (Wildman–Crippen MR) is 97.9 cm³/mol. The van der Waals surface area contributed by atoms with Crippen molar-refractivity contribution in [1.82, 2.24) is 10.2 Å². The molecule has 1 N–H and O–H groups in total. The molecule has 2 aromatic rings. The van der Waals surface area contributed by atoms with Crippen molar-refractivity contribution in [1.29, 1.82) is 5.41 Å². The van der Waals surface area contributed by atoms with E-state index >= 15 is 0 Å². The summed E-state index contributed by atoms with van der Waals surface area (Å²) in [6.07, 6.45) is 2.45. The van der Waals surface area contributed by atoms with Gasteiger partial charge in [0.15, 0.2) is 17.3 Å². The molecule has 1 fully saturated rings. The van der Waals surface area contributed by atoms with Crippen molar-refractivity contribution in [3.8, 4) is 11.5 Å². The fourth-order valence-corrected chi connectivity index (χ4v) is 4.68. The molecule has 3 heterocycles. The number of halogens is 1. The zero-order valence-electron chi connectivity index (χ0n) is 13.0. The number of aryl methyl sites for hydroxylation is 1. The van der Waals surface area contributed by atoms with Crippen molar-refractivity contribution < 1.29 is 14.3 Å². The van der Waals surface area contributed by atoms with Crippen LogP contribution < -0.4 is 9.47 Å². The normalized spacial score (nSPS) is 20.7. The van der Waals surface area contributed by atoms with Crippen molar-refractivity contribution in [2.75, 3.05) is 6.79 Å². The fraction of sp³-hybridized carbons (Fsp3) is 0.250. The van der Waals surface area contributed by atoms with Crippen LogP contribution in [-0.4, -0.2) is 27.8 Å². The molecule has 2 aliphatic rings. The standard InChI is InChI=1S/C16H12ClN3O3S2/c1-2-12-19-20-16(25-12)13-14(21)11(24-15(13)18)4-7-3-9-10(5-8(7)17)23-6-22-9/h3-5,13,18H,2,6H2,1H3. The van der Waals surface area contributed by atoms with Crippen LogP contribution in [0, 0.1) is 5.41 Å². The number of thioether (sulfide) groups is 1. The summed E-state index contributed by atoms with van der Waals surface area (Å²) in [7, 11) is 0. The van der Waals surface area contributed by atoms with Crippen LogP contribution in [0.4, 0.5) is 0 Å². The third-order valence-corrected chi connectivity index (χ3v) is 6.25. The fourth-order valence-electron chi connectivity index (χ4n) is 2.52. The first-order valence-electron chi connectivity index (χ1n) is 7.50. The van der Waals surface area contributed by atoms with Crippen LogP contribution in [0.2, 0.25) is 5.02 Å². The van der Waals surface area contributed by atoms with Gasteiger partial charge in [-0.25, -0.2) is 0 Å². The van der Waals surface area contributed by atoms with E-state index in [1.807, 2.05) is 6.92 Å². The van der Waals surface area contributed by atoms with E-state index in [4.69, 9.17) is 26.5 Å². The third-order valence-electron chi connectivity index (χ3n) is 3.80. The summed E-state index contributed by atoms with van der Waals surface area (Å²) >= 11 is 8.78. The zero-order chi connectivity index (χ0) is 17.6. The highest BCUT2D eigenvalue weighted by Gasteiger charge is 2.39. The molecule has 0 spiro atoms. The van der Waals surface area contributed by atoms with E-state index in [0.29, 0.717) is 32.0 Å². The Kier molecular flexibility index (Phi) is 4.26. The van der Waals surface area contributed by atoms with Crippen LogP contribution >= 0.6 is 34.7 Å². The molecule has 1 saturated heterocycles. The number of ketones is 1. The first-order valence-corrected chi connectivity index (χ1v) is 9.51. The second kappa shape index (κ2) is 6.44. The minimum Gasteiger partial charge on any atom is -0.454 e. The molecule has 25 heavy (non-hydrogen) atoms. The molecule has 2 aliphatic heterocycles. The smallest absolute Gasteiger partial charge is 0.231 e. The summed E-state index contributed by atoms with van der Waals surface area (Å²) in [5.74, 6) is 0.364. The van der Waals surface area contributed by atoms with Crippen molar-refractivity contribution in [2.24, 2.45) is 0 Å². The summed E-state index contributed by atoms with van der Waals surface area (Å²) in [5.41, 5.74) is 0.654. The van der Waals surface area contributed by atoms with Gasteiger partial charge >= 0.3 is 0 Å². The second-order valence-electron chi connectivity index (χ2n) is 5.39. The van der Waals surface area contributed by atoms with Gasteiger partial charge in [0, 0.05) is 6.07 Å². The number of ether oxygens (including phenoxy) is 2. The van der Waals surface area contributed by atoms with E-state index in [0.717, 1.165) is 23.2 Å². The molecule has 1 aromatic carbocycles. The second-order valence-corrected chi connectivity index (χ2v) is 7.97. The largest absolute Gasteiger partial charge is 0.454 e. The summed E-state index contributed by atoms with van der Waals surface area (Å²) < 4.78 is 10.6. The van der Waals surface area contributed by atoms with Gasteiger partial charge in [-0.2, -0.15) is 0 Å². The molecule has 0 bridgehead atoms. The predicted octanol–water partition coefficient (Wildman–Crippen LogP) is 3.90. The first-order chi connectivity index (χ1) is 12.1. The minimum absolute atomic E-state index is 0.150. The average Bonchev–Trinajstić information content (AvgIpc) is 3.28. The van der Waals surface area contributed by atoms with Crippen LogP contribution in [0.15, 0.2) is 17.0 Å². The number of carbonyl (C=O) groups is 1. The molecule has 128 valence electrons. The molecule has 1 atom stereocenters. The van der Waals surface area contributed by atoms with Crippen LogP contribution in [0.3, 0.4) is 0 Å². The van der Waals surface area contributed by atoms with Gasteiger partial charge in [-0.1, -0.05) is 30.3 Å². The van der Waals surface area contributed by atoms with Crippen molar-refractivity contribution in [3.63, 3.8) is 0 Å². The van der Waals surface area contributed by atoms with Gasteiger partial charge < -0.3 is 9.47 Å². The maximum absolute atomic E-state index is 12.8. The molecule has 6 nitrogen and oxygen atoms in total. The number of aromatic nitrogens is 2. The Bertz CT molecular complexity index is 925. The zero-order valence-corrected chi connectivity index (χ0v) is 15.4. The Labute approximate surface area is 156 Å². The minimum atomic E-state index is -0.665. The molecule has 0 amide bonds. The number of Topliss-reactive ketones (excluding diaryl/α,β-unsaturated/α-hetero) is 1. The van der Waals surface area contributed by atoms with Gasteiger partial charge in [0.1, 0.15) is 15.9 Å². The number of rotatable bonds is 3. The highest BCUT2D eigenvalue weighted by Crippen LogP contribution is 2.43. The van der Waals surface area contributed by atoms with Gasteiger partial charge in [-0.05, 0) is 24.1 Å². The van der Waals surface area contributed by atoms with Crippen LogP contribution in [0.5, 0.6) is 11.5 Å². The molecule has 1 unspecified atom stereocenters. The van der Waals surface area contributed by atoms with Gasteiger partial charge in [-0.15, -0.1) is 21.5 Å². The summed E-state index contributed by atoms with van der Waals surface area (Å²) in [4.78, 5) is 13.2. The number of hydrogen-bond acceptors (Lipinski definition) is 8. The van der Waals surface area contributed by atoms with Crippen molar-refractivity contribution in [2.45, 2.75) is 19.3 Å². The molecule has 9 heteroatoms. The Morgan fingerprint density at radius 2 is 2.12 bits per heavy atom. The Morgan fingerprint density at radius 3 is 2.84 bits per heavy atom. The van der Waals surface area contributed by atoms with E-state index in [1.165, 1.54) is 11.3 Å². The maximum atomic E-state index is 12.8. The van der Waals surface area contributed by atoms with Gasteiger partial charge in [0.2, 0.25) is 6.79 Å². The van der Waals surface area contributed by atoms with Crippen LogP contribution in [-0.2, 0) is 11.2 Å². The van der Waals surface area contributed by atoms with Crippen molar-refractivity contribution in [3.05, 3.63) is 37.6 Å². The monoisotopic (exact) mass is 393 g/mol. The van der Waals surface area contributed by atoms with E-state index in [9.17, 15) is 4.79 Å². The highest BCUT2D eigenvalue weighted by atomic mass is 35.5. The molecule has 0 radical (unpaired) electrons. The first kappa shape index (κ1) is 16.6. The lowest BCUT2D eigenvalue weighted by Gasteiger charge is -2.03. The van der Waals surface area contributed by atoms with Crippen LogP contribution in [0.1, 0.15) is 28.4 Å². The molecule has 1 aromatic heterocycles. The number of hydrogen-bond donors (Lipinski definition) is 1. The lowest BCUT2D eigenvalue weighted by Crippen LogP contribution is -2.11. The van der Waals surface area contributed by atoms with E-state index < -0.39 is 5.92 Å². The molecular weight excluding hydrogens is 382 g/mol. The number of carbonyl (C=O) groups excluding carboxylic acids is 1. The summed E-state index contributed by atoms with van der Waals surface area (Å²) in [5, 5.41) is 18.5. The van der Waals surface area contributed by atoms with Gasteiger partial charge in [0.05, 0.1) is 15.0 Å². The number of nitrogens with zero attached hydrogens (tertiary/aromatic N) is 2. The maximum Gasteiger partial charge on any atom is 0.231 e. The van der Waals surface area contributed by atoms with Crippen molar-refractivity contribution >= 4 is 51.6 Å². The lowest BCUT2D eigenvalue weighted by atomic mass is 10.0. The van der Waals surface area contributed by atoms with E-state index in [1.54, 1.807) is 18.2 Å². The van der Waals surface area contributed by atoms with Crippen LogP contribution in [0.25, 0.3) is 6.08 Å². The molecular formula is C16H12ClN3O3S2. The number of benzene rings is 1. The third kappa shape index (κ3) is 2.94. The van der Waals surface area contributed by atoms with Gasteiger partial charge in [-0.3, -0.25) is 10.2 Å². The lowest BCUT2D eigenvalue weighted by molar-refractivity contribution is -0.114. The SMILES string of the molecule is CCc1nnc(C2C(=N)SC(=Cc3cc4c(cc3Cl)OCO4)C2=O)s1. The Balaban J connectivity index is 1.67. The Morgan fingerprint density at radius 1 is 1.36 bits per heavy atom. The number of nitrogens with one attached hydrogen (secondary N) is 1. The summed E-state index contributed by atoms with van der Waals surface area (Å²) in [6.45, 7) is 2.14. The quantitative estimate of drug-likeness (QED) is 0.796.